The van der Waals surface area contributed by atoms with Crippen molar-refractivity contribution in [3.63, 3.8) is 0 Å². The van der Waals surface area contributed by atoms with Gasteiger partial charge in [0.05, 0.1) is 42.3 Å². The third kappa shape index (κ3) is 19.7. The number of hydrogen-bond donors (Lipinski definition) is 5. The van der Waals surface area contributed by atoms with Gasteiger partial charge in [-0.3, -0.25) is 30.3 Å². The van der Waals surface area contributed by atoms with E-state index in [0.29, 0.717) is 5.56 Å². The lowest BCUT2D eigenvalue weighted by atomic mass is 9.79. The molecule has 0 unspecified atom stereocenters. The number of thiophene rings is 4. The van der Waals surface area contributed by atoms with Gasteiger partial charge in [0.25, 0.3) is 17.1 Å². The van der Waals surface area contributed by atoms with Crippen LogP contribution in [0.1, 0.15) is 0 Å². The summed E-state index contributed by atoms with van der Waals surface area (Å²) >= 11 is 27.0. The van der Waals surface area contributed by atoms with Crippen LogP contribution in [0, 0.1) is 37.5 Å². The first-order valence-corrected chi connectivity index (χ1v) is 54.2. The molecular formula is C118H73B2Br4I2N5O10S4. The second kappa shape index (κ2) is 42.4. The number of H-pyrrole nitrogens is 1. The van der Waals surface area contributed by atoms with Gasteiger partial charge >= 0.3 is 14.2 Å². The number of nitro groups is 3. The molecule has 6 aromatic heterocycles. The summed E-state index contributed by atoms with van der Waals surface area (Å²) in [6, 6.07) is 139. The predicted molar refractivity (Wildman–Crippen MR) is 643 cm³/mol. The van der Waals surface area contributed by atoms with E-state index < -0.39 is 24.1 Å². The van der Waals surface area contributed by atoms with Gasteiger partial charge in [-0.05, 0) is 237 Å². The Morgan fingerprint density at radius 2 is 0.593 bits per heavy atom. The van der Waals surface area contributed by atoms with Gasteiger partial charge in [-0.2, -0.15) is 0 Å². The van der Waals surface area contributed by atoms with Crippen LogP contribution in [0.25, 0.3) is 206 Å². The van der Waals surface area contributed by atoms with E-state index in [1.165, 1.54) is 250 Å². The average molecular weight is 2440 g/mol. The molecule has 27 rings (SSSR count). The Morgan fingerprint density at radius 3 is 1.05 bits per heavy atom. The van der Waals surface area contributed by atoms with Crippen LogP contribution in [0.5, 0.6) is 0 Å². The molecule has 21 aromatic carbocycles. The molecule has 0 radical (unpaired) electrons. The van der Waals surface area contributed by atoms with E-state index in [0.717, 1.165) is 24.4 Å². The van der Waals surface area contributed by atoms with E-state index in [4.69, 9.17) is 20.1 Å². The zero-order chi connectivity index (χ0) is 100.0. The first-order valence-electron chi connectivity index (χ1n) is 45.6. The number of aromatic amines is 1. The minimum atomic E-state index is -1.80. The van der Waals surface area contributed by atoms with Crippen molar-refractivity contribution in [1.82, 2.24) is 9.55 Å². The van der Waals surface area contributed by atoms with Crippen molar-refractivity contribution in [3.05, 3.63) is 468 Å². The van der Waals surface area contributed by atoms with Crippen molar-refractivity contribution < 1.29 is 34.9 Å². The zero-order valence-electron chi connectivity index (χ0n) is 75.8. The summed E-state index contributed by atoms with van der Waals surface area (Å²) in [5.74, 6) is 0. The predicted octanol–water partition coefficient (Wildman–Crippen LogP) is 35.0. The van der Waals surface area contributed by atoms with Gasteiger partial charge in [-0.25, -0.2) is 0 Å². The van der Waals surface area contributed by atoms with Gasteiger partial charge in [0.15, 0.2) is 0 Å². The highest BCUT2D eigenvalue weighted by Crippen LogP contribution is 2.50. The molecule has 5 N–H and O–H groups in total. The van der Waals surface area contributed by atoms with Crippen molar-refractivity contribution >= 4 is 364 Å². The zero-order valence-corrected chi connectivity index (χ0v) is 89.8. The fraction of sp³-hybridized carbons (Fsp3) is 0. The van der Waals surface area contributed by atoms with Crippen LogP contribution in [0.4, 0.5) is 17.1 Å². The van der Waals surface area contributed by atoms with Crippen molar-refractivity contribution in [1.29, 1.82) is 0 Å². The number of hydrogen-bond acceptors (Lipinski definition) is 14. The van der Waals surface area contributed by atoms with E-state index in [-0.39, 0.29) is 32.9 Å². The number of aromatic nitrogens is 2. The first-order chi connectivity index (χ1) is 70.5. The minimum absolute atomic E-state index is 0.0949. The molecule has 15 nitrogen and oxygen atoms in total. The average Bonchev–Trinajstić information content (AvgIpc) is 1.28. The molecule has 0 saturated heterocycles. The second-order valence-electron chi connectivity index (χ2n) is 34.1. The molecule has 0 aliphatic rings. The highest BCUT2D eigenvalue weighted by molar-refractivity contribution is 14.1. The van der Waals surface area contributed by atoms with Gasteiger partial charge in [0.1, 0.15) is 0 Å². The molecule has 6 heterocycles. The molecule has 0 bridgehead atoms. The maximum Gasteiger partial charge on any atom is 0.495 e. The monoisotopic (exact) mass is 2440 g/mol. The summed E-state index contributed by atoms with van der Waals surface area (Å²) < 4.78 is 19.9. The number of nitro benzene ring substituents is 3. The van der Waals surface area contributed by atoms with E-state index >= 15 is 0 Å². The molecule has 0 amide bonds. The summed E-state index contributed by atoms with van der Waals surface area (Å²) in [5, 5.41) is 92.7. The summed E-state index contributed by atoms with van der Waals surface area (Å²) in [4.78, 5) is 34.0. The van der Waals surface area contributed by atoms with Crippen LogP contribution in [0.2, 0.25) is 0 Å². The Kier molecular flexibility index (Phi) is 28.6. The summed E-state index contributed by atoms with van der Waals surface area (Å²) in [7, 11) is -3.60. The fourth-order valence-corrected chi connectivity index (χ4v) is 27.3. The van der Waals surface area contributed by atoms with Gasteiger partial charge in [-0.15, -0.1) is 45.3 Å². The lowest BCUT2D eigenvalue weighted by molar-refractivity contribution is -0.384. The molecule has 0 spiro atoms. The van der Waals surface area contributed by atoms with Crippen LogP contribution in [-0.4, -0.2) is 58.7 Å². The molecule has 0 aliphatic carbocycles. The number of nitrogens with one attached hydrogen (secondary N) is 1. The molecule has 0 fully saturated rings. The number of fused-ring (bicyclic) bond motifs is 26. The second-order valence-corrected chi connectivity index (χ2v) is 44.3. The number of benzene rings is 21. The molecule has 27 heteroatoms. The Labute approximate surface area is 905 Å². The van der Waals surface area contributed by atoms with Gasteiger partial charge in [0, 0.05) is 162 Å². The maximum atomic E-state index is 11.4. The largest absolute Gasteiger partial charge is 0.495 e. The topological polar surface area (TPSA) is 231 Å². The number of halogens is 6. The van der Waals surface area contributed by atoms with E-state index in [1.807, 2.05) is 70.4 Å². The van der Waals surface area contributed by atoms with Crippen molar-refractivity contribution in [2.75, 3.05) is 0 Å². The molecule has 0 aliphatic heterocycles. The third-order valence-electron chi connectivity index (χ3n) is 25.5. The highest BCUT2D eigenvalue weighted by Gasteiger charge is 2.26. The van der Waals surface area contributed by atoms with E-state index in [1.54, 1.807) is 23.5 Å². The van der Waals surface area contributed by atoms with Crippen molar-refractivity contribution in [2.24, 2.45) is 0 Å². The third-order valence-corrected chi connectivity index (χ3v) is 34.0. The SMILES string of the molecule is Brc1cc2sc3cc4[nH]c5ccccc5c4cc3c2c2ccccc12.Brc1cc2sc3cc4c(cc3c2c2ccccc12)c1ccccc1n4-c1ccc(-c2ccccc2)cc1.Brc1cc2sc3ccc(I)cc3c2c2ccccc12.Ic1ccc(-c2ccccc2)cc1.O=[N+]([O-])c1ccccc1-c1ccc2sc3cc(Br)c4ccccc4c3c2c1.O=[N+]([O-])c1ccccc1B(O)O.O=[N+]([O-])c1ccccc1B(O)O. The van der Waals surface area contributed by atoms with Crippen molar-refractivity contribution in [2.45, 2.75) is 0 Å². The maximum absolute atomic E-state index is 11.4. The van der Waals surface area contributed by atoms with Crippen LogP contribution in [0.15, 0.2) is 430 Å². The van der Waals surface area contributed by atoms with Crippen molar-refractivity contribution in [3.8, 4) is 39.1 Å². The van der Waals surface area contributed by atoms with Crippen LogP contribution in [-0.2, 0) is 0 Å². The summed E-state index contributed by atoms with van der Waals surface area (Å²) in [6.45, 7) is 0. The quantitative estimate of drug-likeness (QED) is 0.0397. The first kappa shape index (κ1) is 97.8. The number of rotatable bonds is 9. The molecule has 702 valence electrons. The highest BCUT2D eigenvalue weighted by atomic mass is 127. The van der Waals surface area contributed by atoms with Crippen LogP contribution < -0.4 is 10.9 Å². The summed E-state index contributed by atoms with van der Waals surface area (Å²) in [6.07, 6.45) is 0. The number of para-hydroxylation sites is 5. The lowest BCUT2D eigenvalue weighted by Crippen LogP contribution is -2.31. The lowest BCUT2D eigenvalue weighted by Gasteiger charge is -2.09. The Morgan fingerprint density at radius 1 is 0.255 bits per heavy atom. The van der Waals surface area contributed by atoms with Gasteiger partial charge in [0.2, 0.25) is 0 Å². The normalized spacial score (nSPS) is 11.3. The summed E-state index contributed by atoms with van der Waals surface area (Å²) in [5.41, 5.74) is 12.0. The standard InChI is InChI=1S/C34H20BrNS.C22H12BrNO2S.C22H12BrNS.C16H8BrIS.C12H9I.2C6H6BNO4/c35-29-19-33-34(26-12-5-4-10-24(26)29)28-18-27-25-11-6-7-13-30(25)36(31(27)20-32(28)37-33)23-16-14-22(15-17-23)21-8-2-1-3-9-21;23-18-12-21-22(16-7-2-1-6-15(16)18)17-11-13(9-10-20(17)27-21)14-5-3-4-8-19(14)24(25)26;23-17-10-21-22(14-7-2-1-5-12(14)17)16-9-15-13-6-3-4-8-18(13)24-19(15)11-20(16)25-21;17-13-8-15-16(11-4-2-1-3-10(11)13)12-7-9(18)5-6-14(12)19-15;13-12-8-6-11(7-9-12)10-4-2-1-3-5-10;2*9-7(10)5-3-1-2-4-6(5)8(11)12/h1-20H;1-12H;1-11,24H;1-8H;1-9H;2*1-4,9-10H. The fourth-order valence-electron chi connectivity index (χ4n) is 18.9. The van der Waals surface area contributed by atoms with E-state index in [2.05, 4.69) is 434 Å². The molecule has 145 heavy (non-hydrogen) atoms. The van der Waals surface area contributed by atoms with Gasteiger partial charge in [-0.1, -0.05) is 337 Å². The Balaban J connectivity index is 0.000000104. The number of nitrogens with zero attached hydrogens (tertiary/aromatic N) is 4. The molecular weight excluding hydrogens is 2370 g/mol. The molecule has 27 aromatic rings. The Bertz CT molecular complexity index is 9720. The van der Waals surface area contributed by atoms with Crippen LogP contribution in [0.3, 0.4) is 0 Å². The smallest absolute Gasteiger partial charge is 0.423 e. The van der Waals surface area contributed by atoms with Gasteiger partial charge < -0.3 is 29.6 Å². The molecule has 0 saturated carbocycles. The molecule has 0 atom stereocenters. The van der Waals surface area contributed by atoms with Crippen LogP contribution >= 0.6 is 154 Å². The minimum Gasteiger partial charge on any atom is -0.423 e. The van der Waals surface area contributed by atoms with E-state index in [9.17, 15) is 30.3 Å². The Hall–Kier alpha value is -13.3.